The van der Waals surface area contributed by atoms with E-state index in [1.54, 1.807) is 23.9 Å². The molecule has 0 bridgehead atoms. The Morgan fingerprint density at radius 2 is 2.19 bits per heavy atom. The van der Waals surface area contributed by atoms with Crippen LogP contribution in [-0.2, 0) is 11.3 Å². The molecule has 21 heavy (non-hydrogen) atoms. The van der Waals surface area contributed by atoms with Gasteiger partial charge in [0.2, 0.25) is 0 Å². The van der Waals surface area contributed by atoms with E-state index in [0.717, 1.165) is 37.2 Å². The third kappa shape index (κ3) is 3.14. The minimum atomic E-state index is -0.235. The summed E-state index contributed by atoms with van der Waals surface area (Å²) in [6, 6.07) is 6.79. The summed E-state index contributed by atoms with van der Waals surface area (Å²) in [7, 11) is 1.69. The minimum Gasteiger partial charge on any atom is -0.383 e. The highest BCUT2D eigenvalue weighted by molar-refractivity contribution is 5.39. The highest BCUT2D eigenvalue weighted by Gasteiger charge is 2.31. The van der Waals surface area contributed by atoms with Crippen LogP contribution in [0.5, 0.6) is 0 Å². The van der Waals surface area contributed by atoms with Crippen LogP contribution in [0.25, 0.3) is 5.69 Å². The maximum Gasteiger partial charge on any atom is 0.148 e. The number of ether oxygens (including phenoxy) is 1. The average Bonchev–Trinajstić information content (AvgIpc) is 3.25. The molecule has 1 saturated carbocycles. The normalized spacial score (nSPS) is 14.6. The van der Waals surface area contributed by atoms with Crippen molar-refractivity contribution in [3.63, 3.8) is 0 Å². The SMILES string of the molecule is COCCNCc1cnn(-c2ccccc2F)c1C1CC1. The zero-order valence-corrected chi connectivity index (χ0v) is 12.2. The number of hydrogen-bond acceptors (Lipinski definition) is 3. The van der Waals surface area contributed by atoms with Gasteiger partial charge in [-0.15, -0.1) is 0 Å². The Balaban J connectivity index is 1.85. The number of halogens is 1. The predicted octanol–water partition coefficient (Wildman–Crippen LogP) is 2.62. The number of para-hydroxylation sites is 1. The lowest BCUT2D eigenvalue weighted by Gasteiger charge is -2.10. The number of nitrogens with one attached hydrogen (secondary N) is 1. The predicted molar refractivity (Wildman–Crippen MR) is 79.1 cm³/mol. The van der Waals surface area contributed by atoms with Crippen molar-refractivity contribution in [3.8, 4) is 5.69 Å². The van der Waals surface area contributed by atoms with E-state index in [4.69, 9.17) is 4.74 Å². The van der Waals surface area contributed by atoms with Gasteiger partial charge in [0.1, 0.15) is 11.5 Å². The Labute approximate surface area is 123 Å². The van der Waals surface area contributed by atoms with Crippen LogP contribution in [0.2, 0.25) is 0 Å². The quantitative estimate of drug-likeness (QED) is 0.796. The Bertz CT molecular complexity index is 607. The average molecular weight is 289 g/mol. The lowest BCUT2D eigenvalue weighted by molar-refractivity contribution is 0.199. The maximum absolute atomic E-state index is 14.0. The molecular formula is C16H20FN3O. The monoisotopic (exact) mass is 289 g/mol. The molecule has 5 heteroatoms. The Hall–Kier alpha value is -1.72. The second kappa shape index (κ2) is 6.37. The van der Waals surface area contributed by atoms with Crippen LogP contribution in [0.3, 0.4) is 0 Å². The second-order valence-electron chi connectivity index (χ2n) is 5.36. The standard InChI is InChI=1S/C16H20FN3O/c1-21-9-8-18-10-13-11-19-20(16(13)12-6-7-12)15-5-3-2-4-14(15)17/h2-5,11-12,18H,6-10H2,1H3. The number of benzene rings is 1. The van der Waals surface area contributed by atoms with Gasteiger partial charge in [0.05, 0.1) is 18.5 Å². The van der Waals surface area contributed by atoms with Crippen molar-refractivity contribution < 1.29 is 9.13 Å². The Morgan fingerprint density at radius 3 is 2.90 bits per heavy atom. The highest BCUT2D eigenvalue weighted by Crippen LogP contribution is 2.42. The van der Waals surface area contributed by atoms with Crippen LogP contribution in [0.4, 0.5) is 4.39 Å². The van der Waals surface area contributed by atoms with Gasteiger partial charge in [0, 0.05) is 31.7 Å². The number of hydrogen-bond donors (Lipinski definition) is 1. The van der Waals surface area contributed by atoms with Crippen molar-refractivity contribution in [1.82, 2.24) is 15.1 Å². The summed E-state index contributed by atoms with van der Waals surface area (Å²) in [6.07, 6.45) is 4.16. The van der Waals surface area contributed by atoms with Gasteiger partial charge in [-0.1, -0.05) is 12.1 Å². The molecular weight excluding hydrogens is 269 g/mol. The molecule has 1 aliphatic carbocycles. The van der Waals surface area contributed by atoms with Gasteiger partial charge < -0.3 is 10.1 Å². The van der Waals surface area contributed by atoms with E-state index >= 15 is 0 Å². The van der Waals surface area contributed by atoms with E-state index in [1.165, 1.54) is 6.07 Å². The molecule has 1 fully saturated rings. The van der Waals surface area contributed by atoms with Gasteiger partial charge in [0.15, 0.2) is 0 Å². The molecule has 1 aliphatic rings. The molecule has 1 aromatic carbocycles. The first-order chi connectivity index (χ1) is 10.3. The Morgan fingerprint density at radius 1 is 1.38 bits per heavy atom. The van der Waals surface area contributed by atoms with Crippen LogP contribution < -0.4 is 5.32 Å². The number of aromatic nitrogens is 2. The number of nitrogens with zero attached hydrogens (tertiary/aromatic N) is 2. The van der Waals surface area contributed by atoms with E-state index in [9.17, 15) is 4.39 Å². The minimum absolute atomic E-state index is 0.235. The smallest absolute Gasteiger partial charge is 0.148 e. The summed E-state index contributed by atoms with van der Waals surface area (Å²) in [6.45, 7) is 2.22. The zero-order valence-electron chi connectivity index (χ0n) is 12.2. The molecule has 0 saturated heterocycles. The fourth-order valence-corrected chi connectivity index (χ4v) is 2.53. The second-order valence-corrected chi connectivity index (χ2v) is 5.36. The molecule has 0 aliphatic heterocycles. The van der Waals surface area contributed by atoms with Crippen LogP contribution in [0.15, 0.2) is 30.5 Å². The van der Waals surface area contributed by atoms with Gasteiger partial charge in [-0.3, -0.25) is 0 Å². The third-order valence-corrected chi connectivity index (χ3v) is 3.73. The molecule has 1 aromatic heterocycles. The summed E-state index contributed by atoms with van der Waals surface area (Å²) in [5.41, 5.74) is 2.82. The van der Waals surface area contributed by atoms with E-state index in [-0.39, 0.29) is 5.82 Å². The first-order valence-corrected chi connectivity index (χ1v) is 7.32. The summed E-state index contributed by atoms with van der Waals surface area (Å²) >= 11 is 0. The van der Waals surface area contributed by atoms with E-state index in [2.05, 4.69) is 10.4 Å². The van der Waals surface area contributed by atoms with E-state index in [1.807, 2.05) is 12.3 Å². The third-order valence-electron chi connectivity index (χ3n) is 3.73. The maximum atomic E-state index is 14.0. The molecule has 4 nitrogen and oxygen atoms in total. The van der Waals surface area contributed by atoms with Crippen molar-refractivity contribution in [1.29, 1.82) is 0 Å². The van der Waals surface area contributed by atoms with Gasteiger partial charge in [0.25, 0.3) is 0 Å². The Kier molecular flexibility index (Phi) is 4.31. The van der Waals surface area contributed by atoms with Crippen molar-refractivity contribution in [3.05, 3.63) is 47.5 Å². The molecule has 0 unspecified atom stereocenters. The summed E-state index contributed by atoms with van der Waals surface area (Å²) in [5, 5.41) is 7.75. The van der Waals surface area contributed by atoms with Crippen molar-refractivity contribution in [2.24, 2.45) is 0 Å². The van der Waals surface area contributed by atoms with Crippen molar-refractivity contribution >= 4 is 0 Å². The lowest BCUT2D eigenvalue weighted by Crippen LogP contribution is -2.19. The molecule has 0 radical (unpaired) electrons. The summed E-state index contributed by atoms with van der Waals surface area (Å²) < 4.78 is 20.8. The van der Waals surface area contributed by atoms with Crippen LogP contribution in [-0.4, -0.2) is 30.0 Å². The van der Waals surface area contributed by atoms with Gasteiger partial charge in [-0.25, -0.2) is 9.07 Å². The molecule has 3 rings (SSSR count). The van der Waals surface area contributed by atoms with Gasteiger partial charge >= 0.3 is 0 Å². The molecule has 1 heterocycles. The van der Waals surface area contributed by atoms with Gasteiger partial charge in [-0.05, 0) is 25.0 Å². The van der Waals surface area contributed by atoms with Crippen molar-refractivity contribution in [2.75, 3.05) is 20.3 Å². The van der Waals surface area contributed by atoms with Crippen LogP contribution in [0.1, 0.15) is 30.0 Å². The highest BCUT2D eigenvalue weighted by atomic mass is 19.1. The molecule has 1 N–H and O–H groups in total. The van der Waals surface area contributed by atoms with E-state index in [0.29, 0.717) is 18.2 Å². The first kappa shape index (κ1) is 14.2. The fraction of sp³-hybridized carbons (Fsp3) is 0.438. The summed E-state index contributed by atoms with van der Waals surface area (Å²) in [4.78, 5) is 0. The molecule has 2 aromatic rings. The van der Waals surface area contributed by atoms with E-state index < -0.39 is 0 Å². The first-order valence-electron chi connectivity index (χ1n) is 7.32. The molecule has 0 spiro atoms. The molecule has 112 valence electrons. The largest absolute Gasteiger partial charge is 0.383 e. The number of methoxy groups -OCH3 is 1. The van der Waals surface area contributed by atoms with Crippen LogP contribution in [0, 0.1) is 5.82 Å². The van der Waals surface area contributed by atoms with Crippen LogP contribution >= 0.6 is 0 Å². The van der Waals surface area contributed by atoms with Crippen molar-refractivity contribution in [2.45, 2.75) is 25.3 Å². The van der Waals surface area contributed by atoms with Gasteiger partial charge in [-0.2, -0.15) is 5.10 Å². The molecule has 0 atom stereocenters. The lowest BCUT2D eigenvalue weighted by atomic mass is 10.1. The zero-order chi connectivity index (χ0) is 14.7. The number of rotatable bonds is 7. The topological polar surface area (TPSA) is 39.1 Å². The molecule has 0 amide bonds. The fourth-order valence-electron chi connectivity index (χ4n) is 2.53. The summed E-state index contributed by atoms with van der Waals surface area (Å²) in [5.74, 6) is 0.271.